The summed E-state index contributed by atoms with van der Waals surface area (Å²) in [5.41, 5.74) is 15.3. The van der Waals surface area contributed by atoms with Crippen LogP contribution < -0.4 is 0 Å². The van der Waals surface area contributed by atoms with E-state index in [1.165, 1.54) is 0 Å². The van der Waals surface area contributed by atoms with Crippen LogP contribution in [0.3, 0.4) is 0 Å². The topological polar surface area (TPSA) is 27.7 Å². The molecule has 0 radical (unpaired) electrons. The second kappa shape index (κ2) is 10.6. The molecule has 0 fully saturated rings. The van der Waals surface area contributed by atoms with Crippen LogP contribution in [0.4, 0.5) is 0 Å². The maximum Gasteiger partial charge on any atom is 0.302 e. The second-order valence-corrected chi connectivity index (χ2v) is 16.3. The molecule has 0 aromatic heterocycles. The number of hydrogen-bond acceptors (Lipinski definition) is 3. The Morgan fingerprint density at radius 2 is 0.560 bits per heavy atom. The Labute approximate surface area is 156 Å². The lowest BCUT2D eigenvalue weighted by Gasteiger charge is -2.34. The third kappa shape index (κ3) is 5.83. The molecule has 0 aromatic rings. The maximum absolute atomic E-state index is 6.20. The van der Waals surface area contributed by atoms with Crippen molar-refractivity contribution in [2.24, 2.45) is 0 Å². The maximum atomic E-state index is 6.20. The predicted molar refractivity (Wildman–Crippen MR) is 119 cm³/mol. The molecular formula is C18H27O3PSi3. The smallest absolute Gasteiger partial charge is 0.302 e. The van der Waals surface area contributed by atoms with Crippen LogP contribution in [0.2, 0.25) is 0 Å². The molecule has 0 saturated carbocycles. The second-order valence-electron chi connectivity index (χ2n) is 4.90. The van der Waals surface area contributed by atoms with Gasteiger partial charge in [-0.1, -0.05) is 51.3 Å². The first kappa shape index (κ1) is 23.6. The van der Waals surface area contributed by atoms with Crippen LogP contribution >= 0.6 is 8.60 Å². The number of hydrogen-bond donors (Lipinski definition) is 0. The number of rotatable bonds is 15. The molecule has 0 heterocycles. The van der Waals surface area contributed by atoms with Gasteiger partial charge in [-0.05, 0) is 0 Å². The zero-order valence-electron chi connectivity index (χ0n) is 14.7. The van der Waals surface area contributed by atoms with Crippen molar-refractivity contribution in [3.63, 3.8) is 0 Å². The van der Waals surface area contributed by atoms with Gasteiger partial charge in [-0.25, -0.2) is 0 Å². The van der Waals surface area contributed by atoms with Gasteiger partial charge >= 0.3 is 8.60 Å². The highest BCUT2D eigenvalue weighted by molar-refractivity contribution is 7.49. The van der Waals surface area contributed by atoms with E-state index >= 15 is 0 Å². The first-order valence-electron chi connectivity index (χ1n) is 7.43. The summed E-state index contributed by atoms with van der Waals surface area (Å²) in [7, 11) is -9.78. The van der Waals surface area contributed by atoms with Gasteiger partial charge in [-0.15, -0.1) is 59.2 Å². The van der Waals surface area contributed by atoms with E-state index in [1.54, 1.807) is 51.3 Å². The minimum atomic E-state index is -2.65. The summed E-state index contributed by atoms with van der Waals surface area (Å²) in [6.45, 7) is 34.5. The highest BCUT2D eigenvalue weighted by atomic mass is 31.2. The molecule has 0 unspecified atom stereocenters. The van der Waals surface area contributed by atoms with Crippen molar-refractivity contribution in [1.82, 2.24) is 0 Å². The van der Waals surface area contributed by atoms with Crippen LogP contribution in [0.5, 0.6) is 0 Å². The molecule has 3 nitrogen and oxygen atoms in total. The molecule has 0 amide bonds. The van der Waals surface area contributed by atoms with E-state index in [9.17, 15) is 0 Å². The molecule has 0 N–H and O–H groups in total. The van der Waals surface area contributed by atoms with Crippen LogP contribution in [-0.2, 0) is 12.6 Å². The molecule has 0 aromatic carbocycles. The molecule has 134 valence electrons. The Kier molecular flexibility index (Phi) is 9.99. The van der Waals surface area contributed by atoms with Crippen LogP contribution in [0.15, 0.2) is 111 Å². The molecule has 25 heavy (non-hydrogen) atoms. The molecule has 7 heteroatoms. The van der Waals surface area contributed by atoms with Crippen molar-refractivity contribution >= 4 is 33.6 Å². The summed E-state index contributed by atoms with van der Waals surface area (Å²) in [4.78, 5) is 0. The van der Waals surface area contributed by atoms with Crippen LogP contribution in [-0.4, -0.2) is 25.0 Å². The first-order chi connectivity index (χ1) is 11.8. The van der Waals surface area contributed by atoms with E-state index < -0.39 is 33.6 Å². The molecule has 0 spiro atoms. The van der Waals surface area contributed by atoms with Crippen molar-refractivity contribution in [2.45, 2.75) is 0 Å². The fourth-order valence-electron chi connectivity index (χ4n) is 1.53. The normalized spacial score (nSPS) is 11.9. The van der Waals surface area contributed by atoms with E-state index in [4.69, 9.17) is 12.6 Å². The van der Waals surface area contributed by atoms with Crippen LogP contribution in [0.25, 0.3) is 0 Å². The van der Waals surface area contributed by atoms with Gasteiger partial charge in [-0.3, -0.25) is 0 Å². The van der Waals surface area contributed by atoms with Crippen molar-refractivity contribution < 1.29 is 12.6 Å². The van der Waals surface area contributed by atoms with Crippen LogP contribution in [0, 0.1) is 0 Å². The lowest BCUT2D eigenvalue weighted by atomic mass is 11.2. The molecule has 0 saturated heterocycles. The first-order valence-corrected chi connectivity index (χ1v) is 14.9. The minimum Gasteiger partial charge on any atom is -0.343 e. The summed E-state index contributed by atoms with van der Waals surface area (Å²) < 4.78 is 18.6. The fraction of sp³-hybridized carbons (Fsp3) is 0. The minimum absolute atomic E-state index is 1.70. The zero-order chi connectivity index (χ0) is 19.6. The SMILES string of the molecule is C=C[Si](C=C)(C=C)OP(O[Si](C=C)(C=C)C=C)O[Si](C=C)(C=C)C=C. The lowest BCUT2D eigenvalue weighted by molar-refractivity contribution is 0.397. The Balaban J connectivity index is 5.99. The van der Waals surface area contributed by atoms with E-state index in [2.05, 4.69) is 59.2 Å². The van der Waals surface area contributed by atoms with E-state index in [1.807, 2.05) is 0 Å². The Hall–Kier alpha value is -1.38. The van der Waals surface area contributed by atoms with Crippen molar-refractivity contribution in [3.05, 3.63) is 111 Å². The molecule has 0 bridgehead atoms. The molecular weight excluding hydrogens is 379 g/mol. The molecule has 0 aliphatic rings. The van der Waals surface area contributed by atoms with Crippen molar-refractivity contribution in [1.29, 1.82) is 0 Å². The van der Waals surface area contributed by atoms with E-state index in [-0.39, 0.29) is 0 Å². The van der Waals surface area contributed by atoms with Crippen molar-refractivity contribution in [2.75, 3.05) is 0 Å². The third-order valence-electron chi connectivity index (χ3n) is 3.57. The Morgan fingerprint density at radius 3 is 0.680 bits per heavy atom. The van der Waals surface area contributed by atoms with Gasteiger partial charge in [0.1, 0.15) is 0 Å². The average molecular weight is 407 g/mol. The third-order valence-corrected chi connectivity index (χ3v) is 14.9. The van der Waals surface area contributed by atoms with E-state index in [0.717, 1.165) is 0 Å². The highest BCUT2D eigenvalue weighted by Gasteiger charge is 2.40. The molecule has 0 aliphatic carbocycles. The zero-order valence-corrected chi connectivity index (χ0v) is 18.6. The fourth-order valence-corrected chi connectivity index (χ4v) is 10.3. The average Bonchev–Trinajstić information content (AvgIpc) is 2.68. The molecule has 0 atom stereocenters. The lowest BCUT2D eigenvalue weighted by Crippen LogP contribution is -2.38. The summed E-state index contributed by atoms with van der Waals surface area (Å²) in [6, 6.07) is 0. The van der Waals surface area contributed by atoms with Gasteiger partial charge in [0.25, 0.3) is 25.0 Å². The summed E-state index contributed by atoms with van der Waals surface area (Å²) in [5, 5.41) is 0. The monoisotopic (exact) mass is 406 g/mol. The molecule has 0 aliphatic heterocycles. The summed E-state index contributed by atoms with van der Waals surface area (Å²) in [5.74, 6) is 0. The van der Waals surface area contributed by atoms with Gasteiger partial charge in [0.15, 0.2) is 0 Å². The Bertz CT molecular complexity index is 440. The largest absolute Gasteiger partial charge is 0.343 e. The standard InChI is InChI=1S/C18H27O3PSi3/c1-10-23(11-2,12-3)19-22(20-24(13-4,14-5)15-6)21-25(16-7,17-8)18-9/h10-18H,1-9H2. The van der Waals surface area contributed by atoms with Gasteiger partial charge in [0.2, 0.25) is 0 Å². The van der Waals surface area contributed by atoms with E-state index in [0.29, 0.717) is 0 Å². The van der Waals surface area contributed by atoms with Gasteiger partial charge in [-0.2, -0.15) is 0 Å². The van der Waals surface area contributed by atoms with Gasteiger partial charge in [0, 0.05) is 0 Å². The quantitative estimate of drug-likeness (QED) is 0.261. The Morgan fingerprint density at radius 1 is 0.400 bits per heavy atom. The summed E-state index contributed by atoms with van der Waals surface area (Å²) >= 11 is 0. The van der Waals surface area contributed by atoms with Gasteiger partial charge < -0.3 is 12.6 Å². The van der Waals surface area contributed by atoms with Crippen molar-refractivity contribution in [3.8, 4) is 0 Å². The van der Waals surface area contributed by atoms with Crippen LogP contribution in [0.1, 0.15) is 0 Å². The van der Waals surface area contributed by atoms with Gasteiger partial charge in [0.05, 0.1) is 0 Å². The molecule has 0 rings (SSSR count). The summed E-state index contributed by atoms with van der Waals surface area (Å²) in [6.07, 6.45) is 0. The predicted octanol–water partition coefficient (Wildman–Crippen LogP) is 5.63. The highest BCUT2D eigenvalue weighted by Crippen LogP contribution is 2.49.